The van der Waals surface area contributed by atoms with Gasteiger partial charge in [0.25, 0.3) is 0 Å². The van der Waals surface area contributed by atoms with Crippen LogP contribution in [0.15, 0.2) is 23.1 Å². The molecular formula is C11H16N6O2S. The van der Waals surface area contributed by atoms with Crippen molar-refractivity contribution >= 4 is 10.0 Å². The van der Waals surface area contributed by atoms with Gasteiger partial charge in [-0.2, -0.15) is 5.21 Å². The predicted octanol–water partition coefficient (Wildman–Crippen LogP) is 0.00632. The first kappa shape index (κ1) is 14.6. The molecule has 2 aromatic rings. The summed E-state index contributed by atoms with van der Waals surface area (Å²) in [6, 6.07) is 4.25. The van der Waals surface area contributed by atoms with Gasteiger partial charge in [0, 0.05) is 6.54 Å². The number of benzene rings is 1. The zero-order valence-corrected chi connectivity index (χ0v) is 12.0. The molecule has 8 nitrogen and oxygen atoms in total. The number of rotatable bonds is 5. The Bertz CT molecular complexity index is 683. The molecule has 9 heteroatoms. The summed E-state index contributed by atoms with van der Waals surface area (Å²) in [6.07, 6.45) is 0. The highest BCUT2D eigenvalue weighted by molar-refractivity contribution is 7.89. The molecule has 0 aliphatic carbocycles. The highest BCUT2D eigenvalue weighted by atomic mass is 32.2. The van der Waals surface area contributed by atoms with Crippen molar-refractivity contribution in [1.29, 1.82) is 0 Å². The molecule has 20 heavy (non-hydrogen) atoms. The van der Waals surface area contributed by atoms with Crippen LogP contribution in [0.1, 0.15) is 29.9 Å². The quantitative estimate of drug-likeness (QED) is 0.713. The lowest BCUT2D eigenvalue weighted by molar-refractivity contribution is 0.560. The van der Waals surface area contributed by atoms with Gasteiger partial charge in [-0.15, -0.1) is 10.2 Å². The molecule has 0 saturated carbocycles. The third kappa shape index (κ3) is 3.00. The first-order chi connectivity index (χ1) is 9.44. The fourth-order valence-electron chi connectivity index (χ4n) is 1.77. The van der Waals surface area contributed by atoms with E-state index in [0.717, 1.165) is 11.1 Å². The van der Waals surface area contributed by atoms with Gasteiger partial charge in [-0.25, -0.2) is 13.1 Å². The third-order valence-corrected chi connectivity index (χ3v) is 4.46. The molecule has 2 rings (SSSR count). The molecular weight excluding hydrogens is 280 g/mol. The Hall–Kier alpha value is -1.84. The largest absolute Gasteiger partial charge is 0.326 e. The molecule has 108 valence electrons. The number of H-pyrrole nitrogens is 1. The minimum absolute atomic E-state index is 0.183. The molecule has 0 aliphatic rings. The predicted molar refractivity (Wildman–Crippen MR) is 72.0 cm³/mol. The highest BCUT2D eigenvalue weighted by Gasteiger charge is 2.21. The maximum atomic E-state index is 12.3. The summed E-state index contributed by atoms with van der Waals surface area (Å²) in [4.78, 5) is 0.183. The van der Waals surface area contributed by atoms with Crippen LogP contribution in [0.4, 0.5) is 0 Å². The Labute approximate surface area is 116 Å². The van der Waals surface area contributed by atoms with Crippen LogP contribution in [-0.4, -0.2) is 29.0 Å². The first-order valence-electron chi connectivity index (χ1n) is 5.99. The van der Waals surface area contributed by atoms with E-state index in [1.165, 1.54) is 6.07 Å². The number of nitrogens with one attached hydrogen (secondary N) is 2. The normalized spacial score (nSPS) is 13.3. The van der Waals surface area contributed by atoms with Gasteiger partial charge in [0.2, 0.25) is 10.0 Å². The van der Waals surface area contributed by atoms with E-state index >= 15 is 0 Å². The van der Waals surface area contributed by atoms with E-state index < -0.39 is 16.1 Å². The third-order valence-electron chi connectivity index (χ3n) is 2.93. The SMILES string of the molecule is Cc1cc(S(=O)(=O)NC(C)c2nn[nH]n2)ccc1CN. The summed E-state index contributed by atoms with van der Waals surface area (Å²) >= 11 is 0. The minimum Gasteiger partial charge on any atom is -0.326 e. The van der Waals surface area contributed by atoms with E-state index in [2.05, 4.69) is 25.3 Å². The number of sulfonamides is 1. The van der Waals surface area contributed by atoms with Gasteiger partial charge in [0.1, 0.15) is 0 Å². The number of nitrogens with zero attached hydrogens (tertiary/aromatic N) is 3. The Morgan fingerprint density at radius 3 is 2.75 bits per heavy atom. The Balaban J connectivity index is 2.24. The minimum atomic E-state index is -3.65. The smallest absolute Gasteiger partial charge is 0.241 e. The van der Waals surface area contributed by atoms with Crippen molar-refractivity contribution in [2.24, 2.45) is 5.73 Å². The van der Waals surface area contributed by atoms with Crippen molar-refractivity contribution in [3.63, 3.8) is 0 Å². The summed E-state index contributed by atoms with van der Waals surface area (Å²) in [7, 11) is -3.65. The molecule has 0 radical (unpaired) electrons. The maximum Gasteiger partial charge on any atom is 0.241 e. The van der Waals surface area contributed by atoms with Crippen LogP contribution in [-0.2, 0) is 16.6 Å². The van der Waals surface area contributed by atoms with Crippen LogP contribution in [0, 0.1) is 6.92 Å². The summed E-state index contributed by atoms with van der Waals surface area (Å²) in [5, 5.41) is 13.2. The molecule has 1 aromatic carbocycles. The molecule has 0 bridgehead atoms. The highest BCUT2D eigenvalue weighted by Crippen LogP contribution is 2.17. The topological polar surface area (TPSA) is 127 Å². The number of hydrogen-bond donors (Lipinski definition) is 3. The number of aromatic amines is 1. The van der Waals surface area contributed by atoms with Crippen molar-refractivity contribution in [2.45, 2.75) is 31.3 Å². The molecule has 0 saturated heterocycles. The van der Waals surface area contributed by atoms with Crippen LogP contribution in [0.3, 0.4) is 0 Å². The van der Waals surface area contributed by atoms with Gasteiger partial charge in [-0.1, -0.05) is 11.3 Å². The van der Waals surface area contributed by atoms with Crippen molar-refractivity contribution < 1.29 is 8.42 Å². The monoisotopic (exact) mass is 296 g/mol. The van der Waals surface area contributed by atoms with Gasteiger partial charge in [-0.3, -0.25) is 0 Å². The Morgan fingerprint density at radius 2 is 2.20 bits per heavy atom. The summed E-state index contributed by atoms with van der Waals surface area (Å²) in [5.41, 5.74) is 7.31. The second kappa shape index (κ2) is 5.65. The van der Waals surface area contributed by atoms with Crippen LogP contribution < -0.4 is 10.5 Å². The second-order valence-electron chi connectivity index (χ2n) is 4.41. The summed E-state index contributed by atoms with van der Waals surface area (Å²) in [5.74, 6) is 0.281. The zero-order valence-electron chi connectivity index (χ0n) is 11.2. The van der Waals surface area contributed by atoms with Crippen molar-refractivity contribution in [1.82, 2.24) is 25.3 Å². The number of aromatic nitrogens is 4. The molecule has 0 aliphatic heterocycles. The van der Waals surface area contributed by atoms with Gasteiger partial charge < -0.3 is 5.73 Å². The molecule has 4 N–H and O–H groups in total. The lowest BCUT2D eigenvalue weighted by Gasteiger charge is -2.12. The number of nitrogens with two attached hydrogens (primary N) is 1. The number of tetrazole rings is 1. The fourth-order valence-corrected chi connectivity index (χ4v) is 3.06. The van der Waals surface area contributed by atoms with E-state index in [1.807, 2.05) is 6.92 Å². The van der Waals surface area contributed by atoms with Crippen molar-refractivity contribution in [3.8, 4) is 0 Å². The van der Waals surface area contributed by atoms with E-state index in [0.29, 0.717) is 6.54 Å². The Morgan fingerprint density at radius 1 is 1.45 bits per heavy atom. The number of aryl methyl sites for hydroxylation is 1. The van der Waals surface area contributed by atoms with E-state index in [1.54, 1.807) is 19.1 Å². The molecule has 1 heterocycles. The molecule has 1 aromatic heterocycles. The average molecular weight is 296 g/mol. The van der Waals surface area contributed by atoms with Gasteiger partial charge >= 0.3 is 0 Å². The van der Waals surface area contributed by atoms with Gasteiger partial charge in [-0.05, 0) is 37.1 Å². The van der Waals surface area contributed by atoms with Gasteiger partial charge in [0.05, 0.1) is 10.9 Å². The Kier molecular flexibility index (Phi) is 4.12. The lowest BCUT2D eigenvalue weighted by atomic mass is 10.1. The van der Waals surface area contributed by atoms with Crippen molar-refractivity contribution in [2.75, 3.05) is 0 Å². The average Bonchev–Trinajstić information content (AvgIpc) is 2.92. The molecule has 1 atom stereocenters. The van der Waals surface area contributed by atoms with E-state index in [-0.39, 0.29) is 10.7 Å². The molecule has 0 fully saturated rings. The molecule has 0 amide bonds. The molecule has 1 unspecified atom stereocenters. The summed E-state index contributed by atoms with van der Waals surface area (Å²) in [6.45, 7) is 3.84. The van der Waals surface area contributed by atoms with Crippen molar-refractivity contribution in [3.05, 3.63) is 35.2 Å². The number of hydrogen-bond acceptors (Lipinski definition) is 6. The zero-order chi connectivity index (χ0) is 14.8. The van der Waals surface area contributed by atoms with E-state index in [4.69, 9.17) is 5.73 Å². The molecule has 0 spiro atoms. The first-order valence-corrected chi connectivity index (χ1v) is 7.47. The van der Waals surface area contributed by atoms with E-state index in [9.17, 15) is 8.42 Å². The lowest BCUT2D eigenvalue weighted by Crippen LogP contribution is -2.27. The van der Waals surface area contributed by atoms with Gasteiger partial charge in [0.15, 0.2) is 5.82 Å². The van der Waals surface area contributed by atoms with Crippen LogP contribution in [0.5, 0.6) is 0 Å². The summed E-state index contributed by atoms with van der Waals surface area (Å²) < 4.78 is 27.0. The second-order valence-corrected chi connectivity index (χ2v) is 6.12. The van der Waals surface area contributed by atoms with Crippen LogP contribution in [0.25, 0.3) is 0 Å². The van der Waals surface area contributed by atoms with Crippen LogP contribution in [0.2, 0.25) is 0 Å². The van der Waals surface area contributed by atoms with Crippen LogP contribution >= 0.6 is 0 Å². The fraction of sp³-hybridized carbons (Fsp3) is 0.364. The standard InChI is InChI=1S/C11H16N6O2S/c1-7-5-10(4-3-9(7)6-12)20(18,19)15-8(2)11-13-16-17-14-11/h3-5,8,15H,6,12H2,1-2H3,(H,13,14,16,17). The maximum absolute atomic E-state index is 12.3.